The predicted octanol–water partition coefficient (Wildman–Crippen LogP) is 4.19. The zero-order valence-corrected chi connectivity index (χ0v) is 12.6. The van der Waals surface area contributed by atoms with Gasteiger partial charge in [-0.2, -0.15) is 5.26 Å². The van der Waals surface area contributed by atoms with Crippen molar-refractivity contribution in [3.05, 3.63) is 64.5 Å². The Labute approximate surface area is 132 Å². The van der Waals surface area contributed by atoms with E-state index in [1.807, 2.05) is 19.1 Å². The molecule has 3 aromatic rings. The quantitative estimate of drug-likeness (QED) is 0.787. The monoisotopic (exact) mass is 312 g/mol. The van der Waals surface area contributed by atoms with Crippen molar-refractivity contribution in [2.24, 2.45) is 0 Å². The first-order valence-corrected chi connectivity index (χ1v) is 7.20. The standard InChI is InChI=1S/C17H13ClN2O2/c1-10(9-19)12-4-7-15-14(8-12)20-17(22-15)16(21)11-2-5-13(18)6-3-11/h2-8,10,16,21H,1H3. The van der Waals surface area contributed by atoms with Gasteiger partial charge in [0.1, 0.15) is 5.52 Å². The van der Waals surface area contributed by atoms with E-state index < -0.39 is 6.10 Å². The number of oxazole rings is 1. The molecule has 0 fully saturated rings. The van der Waals surface area contributed by atoms with Crippen molar-refractivity contribution >= 4 is 22.7 Å². The van der Waals surface area contributed by atoms with Gasteiger partial charge in [0, 0.05) is 5.02 Å². The van der Waals surface area contributed by atoms with Crippen molar-refractivity contribution in [3.8, 4) is 6.07 Å². The Morgan fingerprint density at radius 1 is 1.18 bits per heavy atom. The Hall–Kier alpha value is -2.35. The van der Waals surface area contributed by atoms with Crippen LogP contribution >= 0.6 is 11.6 Å². The lowest BCUT2D eigenvalue weighted by Gasteiger charge is -2.06. The third kappa shape index (κ3) is 2.69. The number of aromatic nitrogens is 1. The van der Waals surface area contributed by atoms with Gasteiger partial charge in [-0.05, 0) is 42.3 Å². The third-order valence-electron chi connectivity index (χ3n) is 3.54. The molecule has 5 heteroatoms. The van der Waals surface area contributed by atoms with Crippen LogP contribution < -0.4 is 0 Å². The van der Waals surface area contributed by atoms with Crippen LogP contribution in [0.15, 0.2) is 46.9 Å². The second-order valence-electron chi connectivity index (χ2n) is 5.08. The van der Waals surface area contributed by atoms with Crippen molar-refractivity contribution in [1.82, 2.24) is 4.98 Å². The van der Waals surface area contributed by atoms with Gasteiger partial charge in [-0.25, -0.2) is 4.98 Å². The Balaban J connectivity index is 1.98. The minimum absolute atomic E-state index is 0.217. The van der Waals surface area contributed by atoms with Crippen LogP contribution in [0.3, 0.4) is 0 Å². The van der Waals surface area contributed by atoms with Gasteiger partial charge in [0.25, 0.3) is 0 Å². The number of nitriles is 1. The summed E-state index contributed by atoms with van der Waals surface area (Å²) in [5.74, 6) is 0.00446. The van der Waals surface area contributed by atoms with E-state index in [1.165, 1.54) is 0 Å². The van der Waals surface area contributed by atoms with Crippen LogP contribution in [0.4, 0.5) is 0 Å². The average molecular weight is 313 g/mol. The summed E-state index contributed by atoms with van der Waals surface area (Å²) >= 11 is 5.84. The van der Waals surface area contributed by atoms with Crippen molar-refractivity contribution < 1.29 is 9.52 Å². The minimum atomic E-state index is -0.957. The second-order valence-corrected chi connectivity index (χ2v) is 5.52. The van der Waals surface area contributed by atoms with Crippen LogP contribution in [0.1, 0.15) is 36.0 Å². The number of benzene rings is 2. The maximum Gasteiger partial charge on any atom is 0.228 e. The summed E-state index contributed by atoms with van der Waals surface area (Å²) in [4.78, 5) is 4.33. The highest BCUT2D eigenvalue weighted by atomic mass is 35.5. The molecule has 2 aromatic carbocycles. The molecule has 110 valence electrons. The predicted molar refractivity (Wildman–Crippen MR) is 83.6 cm³/mol. The lowest BCUT2D eigenvalue weighted by molar-refractivity contribution is 0.185. The molecule has 0 saturated carbocycles. The largest absolute Gasteiger partial charge is 0.437 e. The molecular formula is C17H13ClN2O2. The topological polar surface area (TPSA) is 70.0 Å². The van der Waals surface area contributed by atoms with Gasteiger partial charge < -0.3 is 9.52 Å². The zero-order valence-electron chi connectivity index (χ0n) is 11.8. The highest BCUT2D eigenvalue weighted by Crippen LogP contribution is 2.27. The van der Waals surface area contributed by atoms with Crippen molar-refractivity contribution in [3.63, 3.8) is 0 Å². The molecule has 1 aromatic heterocycles. The first-order chi connectivity index (χ1) is 10.6. The van der Waals surface area contributed by atoms with Crippen LogP contribution in [0.25, 0.3) is 11.1 Å². The number of fused-ring (bicyclic) bond motifs is 1. The summed E-state index contributed by atoms with van der Waals surface area (Å²) in [5, 5.41) is 19.9. The zero-order chi connectivity index (χ0) is 15.7. The fourth-order valence-electron chi connectivity index (χ4n) is 2.21. The van der Waals surface area contributed by atoms with Gasteiger partial charge in [-0.3, -0.25) is 0 Å². The van der Waals surface area contributed by atoms with Gasteiger partial charge in [0.05, 0.1) is 12.0 Å². The fraction of sp³-hybridized carbons (Fsp3) is 0.176. The minimum Gasteiger partial charge on any atom is -0.437 e. The summed E-state index contributed by atoms with van der Waals surface area (Å²) < 4.78 is 5.61. The highest BCUT2D eigenvalue weighted by molar-refractivity contribution is 6.30. The van der Waals surface area contributed by atoms with E-state index in [-0.39, 0.29) is 11.8 Å². The Kier molecular flexibility index (Phi) is 3.84. The SMILES string of the molecule is CC(C#N)c1ccc2oc(C(O)c3ccc(Cl)cc3)nc2c1. The maximum atomic E-state index is 10.4. The number of hydrogen-bond donors (Lipinski definition) is 1. The summed E-state index contributed by atoms with van der Waals surface area (Å²) in [7, 11) is 0. The lowest BCUT2D eigenvalue weighted by Crippen LogP contribution is -1.99. The van der Waals surface area contributed by atoms with E-state index in [0.29, 0.717) is 21.7 Å². The first kappa shape index (κ1) is 14.6. The molecular weight excluding hydrogens is 300 g/mol. The lowest BCUT2D eigenvalue weighted by atomic mass is 10.0. The molecule has 1 heterocycles. The molecule has 0 aliphatic rings. The molecule has 2 atom stereocenters. The van der Waals surface area contributed by atoms with Crippen LogP contribution in [-0.2, 0) is 0 Å². The molecule has 22 heavy (non-hydrogen) atoms. The molecule has 0 bridgehead atoms. The molecule has 4 nitrogen and oxygen atoms in total. The number of halogens is 1. The number of hydrogen-bond acceptors (Lipinski definition) is 4. The normalized spacial score (nSPS) is 13.7. The van der Waals surface area contributed by atoms with E-state index in [9.17, 15) is 5.11 Å². The Morgan fingerprint density at radius 2 is 1.86 bits per heavy atom. The Bertz CT molecular complexity index is 849. The molecule has 0 saturated heterocycles. The molecule has 0 aliphatic heterocycles. The van der Waals surface area contributed by atoms with Gasteiger partial charge in [0.2, 0.25) is 5.89 Å². The van der Waals surface area contributed by atoms with Crippen molar-refractivity contribution in [2.75, 3.05) is 0 Å². The molecule has 3 rings (SSSR count). The van der Waals surface area contributed by atoms with Gasteiger partial charge in [-0.1, -0.05) is 29.8 Å². The van der Waals surface area contributed by atoms with Gasteiger partial charge in [-0.15, -0.1) is 0 Å². The van der Waals surface area contributed by atoms with Crippen molar-refractivity contribution in [2.45, 2.75) is 18.9 Å². The van der Waals surface area contributed by atoms with Crippen LogP contribution in [-0.4, -0.2) is 10.1 Å². The van der Waals surface area contributed by atoms with Crippen LogP contribution in [0.2, 0.25) is 5.02 Å². The van der Waals surface area contributed by atoms with Crippen molar-refractivity contribution in [1.29, 1.82) is 5.26 Å². The number of nitrogens with zero attached hydrogens (tertiary/aromatic N) is 2. The summed E-state index contributed by atoms with van der Waals surface area (Å²) in [6.07, 6.45) is -0.957. The fourth-order valence-corrected chi connectivity index (χ4v) is 2.34. The summed E-state index contributed by atoms with van der Waals surface area (Å²) in [6.45, 7) is 1.82. The molecule has 0 amide bonds. The summed E-state index contributed by atoms with van der Waals surface area (Å²) in [5.41, 5.74) is 2.73. The van der Waals surface area contributed by atoms with E-state index in [1.54, 1.807) is 30.3 Å². The molecule has 2 unspecified atom stereocenters. The maximum absolute atomic E-state index is 10.4. The van der Waals surface area contributed by atoms with E-state index in [0.717, 1.165) is 5.56 Å². The van der Waals surface area contributed by atoms with Crippen LogP contribution in [0.5, 0.6) is 0 Å². The Morgan fingerprint density at radius 3 is 2.55 bits per heavy atom. The first-order valence-electron chi connectivity index (χ1n) is 6.82. The smallest absolute Gasteiger partial charge is 0.228 e. The van der Waals surface area contributed by atoms with E-state index in [4.69, 9.17) is 21.3 Å². The molecule has 0 radical (unpaired) electrons. The third-order valence-corrected chi connectivity index (χ3v) is 3.79. The second kappa shape index (κ2) is 5.80. The number of rotatable bonds is 3. The molecule has 0 spiro atoms. The number of aliphatic hydroxyl groups excluding tert-OH is 1. The average Bonchev–Trinajstić information content (AvgIpc) is 2.97. The van der Waals surface area contributed by atoms with E-state index >= 15 is 0 Å². The van der Waals surface area contributed by atoms with E-state index in [2.05, 4.69) is 11.1 Å². The van der Waals surface area contributed by atoms with Gasteiger partial charge in [0.15, 0.2) is 11.7 Å². The molecule has 0 aliphatic carbocycles. The van der Waals surface area contributed by atoms with Gasteiger partial charge >= 0.3 is 0 Å². The highest BCUT2D eigenvalue weighted by Gasteiger charge is 2.18. The summed E-state index contributed by atoms with van der Waals surface area (Å²) in [6, 6.07) is 14.5. The number of aliphatic hydroxyl groups is 1. The van der Waals surface area contributed by atoms with Crippen LogP contribution in [0, 0.1) is 11.3 Å². The molecule has 1 N–H and O–H groups in total.